The molecule has 9 heteroatoms. The van der Waals surface area contributed by atoms with Crippen LogP contribution in [0, 0.1) is 0 Å². The Balaban J connectivity index is 1.63. The number of benzene rings is 2. The van der Waals surface area contributed by atoms with Crippen molar-refractivity contribution in [1.29, 1.82) is 0 Å². The molecular formula is C22H23F3N4O2. The molecule has 0 fully saturated rings. The molecule has 1 aromatic heterocycles. The zero-order chi connectivity index (χ0) is 22.4. The number of nitrogens with zero attached hydrogens (tertiary/aromatic N) is 3. The number of alkyl halides is 3. The molecule has 3 aromatic rings. The molecule has 2 aromatic carbocycles. The zero-order valence-electron chi connectivity index (χ0n) is 17.2. The zero-order valence-corrected chi connectivity index (χ0v) is 17.2. The van der Waals surface area contributed by atoms with Gasteiger partial charge in [0.25, 0.3) is 0 Å². The fraction of sp³-hybridized carbons (Fsp3) is 0.318. The van der Waals surface area contributed by atoms with Crippen LogP contribution in [0.3, 0.4) is 0 Å². The quantitative estimate of drug-likeness (QED) is 0.555. The first-order chi connectivity index (χ1) is 14.8. The van der Waals surface area contributed by atoms with Gasteiger partial charge in [0.2, 0.25) is 17.6 Å². The number of amides is 1. The van der Waals surface area contributed by atoms with Gasteiger partial charge >= 0.3 is 6.18 Å². The Hall–Kier alpha value is -3.20. The summed E-state index contributed by atoms with van der Waals surface area (Å²) in [6, 6.07) is 12.7. The molecule has 1 heterocycles. The normalized spacial score (nSPS) is 11.7. The second kappa shape index (κ2) is 9.74. The average molecular weight is 432 g/mol. The number of para-hydroxylation sites is 1. The highest BCUT2D eigenvalue weighted by atomic mass is 19.4. The second-order valence-electron chi connectivity index (χ2n) is 6.96. The van der Waals surface area contributed by atoms with Crippen LogP contribution in [0.1, 0.15) is 30.9 Å². The highest BCUT2D eigenvalue weighted by molar-refractivity contribution is 5.93. The molecule has 0 aliphatic heterocycles. The Morgan fingerprint density at radius 3 is 2.45 bits per heavy atom. The number of hydrogen-bond acceptors (Lipinski definition) is 5. The molecule has 0 spiro atoms. The van der Waals surface area contributed by atoms with Crippen LogP contribution in [-0.2, 0) is 23.9 Å². The van der Waals surface area contributed by atoms with E-state index in [1.807, 2.05) is 31.2 Å². The molecule has 0 bridgehead atoms. The van der Waals surface area contributed by atoms with E-state index in [9.17, 15) is 18.0 Å². The molecule has 3 rings (SSSR count). The van der Waals surface area contributed by atoms with E-state index < -0.39 is 17.6 Å². The number of halogens is 3. The Morgan fingerprint density at radius 1 is 1.10 bits per heavy atom. The van der Waals surface area contributed by atoms with Gasteiger partial charge in [-0.15, -0.1) is 0 Å². The summed E-state index contributed by atoms with van der Waals surface area (Å²) in [6.45, 7) is 4.45. The van der Waals surface area contributed by atoms with E-state index in [2.05, 4.69) is 22.4 Å². The number of anilines is 1. The number of likely N-dealkylation sites (N-methyl/N-ethyl adjacent to an activating group) is 1. The van der Waals surface area contributed by atoms with E-state index in [0.717, 1.165) is 18.1 Å². The molecule has 6 nitrogen and oxygen atoms in total. The lowest BCUT2D eigenvalue weighted by molar-refractivity contribution is -0.137. The van der Waals surface area contributed by atoms with Gasteiger partial charge in [-0.25, -0.2) is 0 Å². The van der Waals surface area contributed by atoms with Crippen molar-refractivity contribution >= 4 is 11.6 Å². The first kappa shape index (κ1) is 22.5. The van der Waals surface area contributed by atoms with Crippen molar-refractivity contribution in [3.05, 3.63) is 65.5 Å². The topological polar surface area (TPSA) is 71.3 Å². The van der Waals surface area contributed by atoms with Crippen LogP contribution in [-0.4, -0.2) is 34.0 Å². The molecule has 0 radical (unpaired) electrons. The van der Waals surface area contributed by atoms with Gasteiger partial charge in [-0.1, -0.05) is 55.4 Å². The molecular weight excluding hydrogens is 409 g/mol. The van der Waals surface area contributed by atoms with Crippen molar-refractivity contribution in [2.45, 2.75) is 33.0 Å². The molecule has 164 valence electrons. The minimum atomic E-state index is -4.55. The van der Waals surface area contributed by atoms with Gasteiger partial charge in [0.1, 0.15) is 0 Å². The van der Waals surface area contributed by atoms with Crippen LogP contribution in [0.5, 0.6) is 0 Å². The lowest BCUT2D eigenvalue weighted by Crippen LogP contribution is -2.33. The Bertz CT molecular complexity index is 1020. The molecule has 0 atom stereocenters. The van der Waals surface area contributed by atoms with E-state index in [0.29, 0.717) is 18.3 Å². The van der Waals surface area contributed by atoms with Crippen LogP contribution in [0.2, 0.25) is 0 Å². The summed E-state index contributed by atoms with van der Waals surface area (Å²) in [6.07, 6.45) is -3.62. The number of carbonyl (C=O) groups excluding carboxylic acids is 1. The van der Waals surface area contributed by atoms with Crippen molar-refractivity contribution < 1.29 is 22.5 Å². The lowest BCUT2D eigenvalue weighted by Gasteiger charge is -2.19. The molecule has 0 unspecified atom stereocenters. The van der Waals surface area contributed by atoms with E-state index in [1.54, 1.807) is 4.90 Å². The highest BCUT2D eigenvalue weighted by Gasteiger charge is 2.33. The third kappa shape index (κ3) is 5.91. The monoisotopic (exact) mass is 432 g/mol. The number of rotatable bonds is 8. The number of aromatic nitrogens is 2. The number of carbonyl (C=O) groups is 1. The minimum absolute atomic E-state index is 0.119. The molecule has 31 heavy (non-hydrogen) atoms. The summed E-state index contributed by atoms with van der Waals surface area (Å²) in [5.74, 6) is 0.200. The van der Waals surface area contributed by atoms with Gasteiger partial charge in [-0.2, -0.15) is 18.2 Å². The number of hydrogen-bond donors (Lipinski definition) is 1. The fourth-order valence-corrected chi connectivity index (χ4v) is 3.03. The van der Waals surface area contributed by atoms with Gasteiger partial charge in [0.05, 0.1) is 24.3 Å². The van der Waals surface area contributed by atoms with Gasteiger partial charge in [0.15, 0.2) is 0 Å². The van der Waals surface area contributed by atoms with Gasteiger partial charge < -0.3 is 9.84 Å². The number of nitrogens with one attached hydrogen (secondary N) is 1. The summed E-state index contributed by atoms with van der Waals surface area (Å²) in [7, 11) is 0. The molecule has 0 saturated heterocycles. The largest absolute Gasteiger partial charge is 0.418 e. The Labute approximate surface area is 178 Å². The maximum Gasteiger partial charge on any atom is 0.418 e. The first-order valence-electron chi connectivity index (χ1n) is 9.90. The van der Waals surface area contributed by atoms with Crippen molar-refractivity contribution in [3.63, 3.8) is 0 Å². The summed E-state index contributed by atoms with van der Waals surface area (Å²) in [5.41, 5.74) is 0.855. The number of aryl methyl sites for hydroxylation is 1. The van der Waals surface area contributed by atoms with Gasteiger partial charge in [-0.3, -0.25) is 9.69 Å². The minimum Gasteiger partial charge on any atom is -0.338 e. The van der Waals surface area contributed by atoms with Crippen molar-refractivity contribution in [2.75, 3.05) is 18.4 Å². The molecule has 1 amide bonds. The molecule has 1 N–H and O–H groups in total. The highest BCUT2D eigenvalue weighted by Crippen LogP contribution is 2.34. The third-order valence-electron chi connectivity index (χ3n) is 4.77. The fourth-order valence-electron chi connectivity index (χ4n) is 3.03. The van der Waals surface area contributed by atoms with Crippen LogP contribution in [0.25, 0.3) is 11.4 Å². The summed E-state index contributed by atoms with van der Waals surface area (Å²) in [4.78, 5) is 18.4. The maximum atomic E-state index is 13.1. The van der Waals surface area contributed by atoms with Crippen molar-refractivity contribution in [3.8, 4) is 11.4 Å². The smallest absolute Gasteiger partial charge is 0.338 e. The summed E-state index contributed by atoms with van der Waals surface area (Å²) < 4.78 is 44.6. The van der Waals surface area contributed by atoms with Crippen LogP contribution >= 0.6 is 0 Å². The predicted octanol–water partition coefficient (Wildman–Crippen LogP) is 4.78. The molecule has 0 aliphatic carbocycles. The molecule has 0 aliphatic rings. The van der Waals surface area contributed by atoms with E-state index in [1.165, 1.54) is 23.8 Å². The SMILES string of the molecule is CCc1ccc(-c2noc(CN(CC)CC(=O)Nc3ccccc3C(F)(F)F)n2)cc1. The summed E-state index contributed by atoms with van der Waals surface area (Å²) >= 11 is 0. The lowest BCUT2D eigenvalue weighted by atomic mass is 10.1. The standard InChI is InChI=1S/C22H23F3N4O2/c1-3-15-9-11-16(12-10-15)21-27-20(31-28-21)14-29(4-2)13-19(30)26-18-8-6-5-7-17(18)22(23,24)25/h5-12H,3-4,13-14H2,1-2H3,(H,26,30). The van der Waals surface area contributed by atoms with E-state index in [-0.39, 0.29) is 18.8 Å². The third-order valence-corrected chi connectivity index (χ3v) is 4.77. The summed E-state index contributed by atoms with van der Waals surface area (Å²) in [5, 5.41) is 6.32. The van der Waals surface area contributed by atoms with Crippen LogP contribution in [0.4, 0.5) is 18.9 Å². The Kier molecular flexibility index (Phi) is 7.06. The van der Waals surface area contributed by atoms with E-state index in [4.69, 9.17) is 4.52 Å². The predicted molar refractivity (Wildman–Crippen MR) is 110 cm³/mol. The van der Waals surface area contributed by atoms with Crippen LogP contribution < -0.4 is 5.32 Å². The second-order valence-corrected chi connectivity index (χ2v) is 6.96. The van der Waals surface area contributed by atoms with Crippen molar-refractivity contribution in [2.24, 2.45) is 0 Å². The van der Waals surface area contributed by atoms with Gasteiger partial charge in [-0.05, 0) is 30.7 Å². The van der Waals surface area contributed by atoms with E-state index >= 15 is 0 Å². The first-order valence-corrected chi connectivity index (χ1v) is 9.90. The average Bonchev–Trinajstić information content (AvgIpc) is 3.21. The van der Waals surface area contributed by atoms with Crippen molar-refractivity contribution in [1.82, 2.24) is 15.0 Å². The Morgan fingerprint density at radius 2 is 1.81 bits per heavy atom. The van der Waals surface area contributed by atoms with Gasteiger partial charge in [0, 0.05) is 5.56 Å². The molecule has 0 saturated carbocycles. The maximum absolute atomic E-state index is 13.1. The van der Waals surface area contributed by atoms with Crippen LogP contribution in [0.15, 0.2) is 53.1 Å².